The molecule has 102 valence electrons. The number of hydrogen-bond donors (Lipinski definition) is 2. The number of rotatable bonds is 2. The Morgan fingerprint density at radius 1 is 1.17 bits per heavy atom. The lowest BCUT2D eigenvalue weighted by Gasteiger charge is -2.38. The number of nitrogens with one attached hydrogen (secondary N) is 1. The number of fused-ring (bicyclic) bond motifs is 2. The maximum Gasteiger partial charge on any atom is 0.115 e. The van der Waals surface area contributed by atoms with Crippen LogP contribution in [0.15, 0.2) is 12.0 Å². The molecule has 3 rings (SSSR count). The van der Waals surface area contributed by atoms with Crippen LogP contribution in [0.3, 0.4) is 0 Å². The average Bonchev–Trinajstić information content (AvgIpc) is 2.89. The zero-order chi connectivity index (χ0) is 12.7. The van der Waals surface area contributed by atoms with Crippen LogP contribution in [0.4, 0.5) is 0 Å². The van der Waals surface area contributed by atoms with Gasteiger partial charge in [0.1, 0.15) is 5.82 Å². The van der Waals surface area contributed by atoms with Crippen LogP contribution in [0.5, 0.6) is 0 Å². The topological polar surface area (TPSA) is 44.5 Å². The summed E-state index contributed by atoms with van der Waals surface area (Å²) in [6.45, 7) is 7.73. The molecule has 0 radical (unpaired) electrons. The predicted octanol–water partition coefficient (Wildman–Crippen LogP) is 0.911. The average molecular weight is 250 g/mol. The zero-order valence-corrected chi connectivity index (χ0v) is 11.6. The van der Waals surface area contributed by atoms with E-state index in [2.05, 4.69) is 35.2 Å². The summed E-state index contributed by atoms with van der Waals surface area (Å²) in [4.78, 5) is 4.82. The second-order valence-corrected chi connectivity index (χ2v) is 6.46. The van der Waals surface area contributed by atoms with E-state index in [1.54, 1.807) is 0 Å². The van der Waals surface area contributed by atoms with Gasteiger partial charge in [0.25, 0.3) is 0 Å². The van der Waals surface area contributed by atoms with E-state index in [9.17, 15) is 0 Å². The van der Waals surface area contributed by atoms with Crippen LogP contribution in [0, 0.1) is 5.92 Å². The van der Waals surface area contributed by atoms with Crippen LogP contribution in [-0.4, -0.2) is 47.6 Å². The number of nitrogens with two attached hydrogens (primary N) is 1. The molecule has 3 fully saturated rings. The highest BCUT2D eigenvalue weighted by Crippen LogP contribution is 2.37. The van der Waals surface area contributed by atoms with Gasteiger partial charge in [0.15, 0.2) is 0 Å². The van der Waals surface area contributed by atoms with Gasteiger partial charge in [-0.2, -0.15) is 0 Å². The molecule has 3 N–H and O–H groups in total. The summed E-state index contributed by atoms with van der Waals surface area (Å²) >= 11 is 0. The highest BCUT2D eigenvalue weighted by molar-refractivity contribution is 5.05. The second kappa shape index (κ2) is 4.65. The lowest BCUT2D eigenvalue weighted by Crippen LogP contribution is -2.54. The van der Waals surface area contributed by atoms with Gasteiger partial charge in [0.05, 0.1) is 0 Å². The van der Waals surface area contributed by atoms with E-state index in [-0.39, 0.29) is 0 Å². The molecule has 1 aliphatic carbocycles. The van der Waals surface area contributed by atoms with Crippen molar-refractivity contribution in [2.45, 2.75) is 51.2 Å². The Balaban J connectivity index is 1.64. The van der Waals surface area contributed by atoms with Gasteiger partial charge in [-0.3, -0.25) is 0 Å². The molecule has 0 aromatic rings. The van der Waals surface area contributed by atoms with Gasteiger partial charge in [0.2, 0.25) is 0 Å². The van der Waals surface area contributed by atoms with Crippen molar-refractivity contribution >= 4 is 0 Å². The van der Waals surface area contributed by atoms with Crippen molar-refractivity contribution in [2.75, 3.05) is 19.6 Å². The number of piperidine rings is 1. The molecule has 4 nitrogen and oxygen atoms in total. The fraction of sp³-hybridized carbons (Fsp3) is 0.857. The Hall–Kier alpha value is -0.900. The number of hydrogen-bond acceptors (Lipinski definition) is 4. The van der Waals surface area contributed by atoms with E-state index in [0.29, 0.717) is 12.1 Å². The van der Waals surface area contributed by atoms with Gasteiger partial charge in [-0.15, -0.1) is 0 Å². The molecular formula is C14H26N4. The number of piperazine rings is 1. The summed E-state index contributed by atoms with van der Waals surface area (Å²) in [6, 6.07) is 1.82. The molecule has 18 heavy (non-hydrogen) atoms. The first-order valence-electron chi connectivity index (χ1n) is 7.36. The molecule has 1 saturated carbocycles. The van der Waals surface area contributed by atoms with Gasteiger partial charge in [-0.05, 0) is 39.0 Å². The molecule has 0 aromatic heterocycles. The van der Waals surface area contributed by atoms with Crippen molar-refractivity contribution < 1.29 is 0 Å². The first-order valence-corrected chi connectivity index (χ1v) is 7.36. The molecule has 0 aromatic carbocycles. The van der Waals surface area contributed by atoms with Crippen molar-refractivity contribution in [1.82, 2.24) is 15.1 Å². The lowest BCUT2D eigenvalue weighted by molar-refractivity contribution is 0.203. The fourth-order valence-electron chi connectivity index (χ4n) is 3.91. The van der Waals surface area contributed by atoms with Crippen LogP contribution >= 0.6 is 0 Å². The van der Waals surface area contributed by atoms with Gasteiger partial charge in [-0.25, -0.2) is 0 Å². The first-order chi connectivity index (χ1) is 8.61. The monoisotopic (exact) mass is 250 g/mol. The maximum atomic E-state index is 6.30. The van der Waals surface area contributed by atoms with Crippen LogP contribution in [-0.2, 0) is 0 Å². The molecule has 4 atom stereocenters. The highest BCUT2D eigenvalue weighted by Gasteiger charge is 2.36. The summed E-state index contributed by atoms with van der Waals surface area (Å²) < 4.78 is 0. The van der Waals surface area contributed by atoms with Crippen molar-refractivity contribution in [3.63, 3.8) is 0 Å². The maximum absolute atomic E-state index is 6.30. The van der Waals surface area contributed by atoms with E-state index in [1.807, 2.05) is 0 Å². The van der Waals surface area contributed by atoms with Crippen molar-refractivity contribution in [3.8, 4) is 0 Å². The van der Waals surface area contributed by atoms with E-state index in [1.165, 1.54) is 25.8 Å². The Bertz CT molecular complexity index is 331. The van der Waals surface area contributed by atoms with Crippen LogP contribution < -0.4 is 11.1 Å². The summed E-state index contributed by atoms with van der Waals surface area (Å²) in [5, 5.41) is 3.55. The lowest BCUT2D eigenvalue weighted by atomic mass is 10.1. The number of nitrogens with zero attached hydrogens (tertiary/aromatic N) is 2. The van der Waals surface area contributed by atoms with E-state index in [0.717, 1.165) is 30.9 Å². The summed E-state index contributed by atoms with van der Waals surface area (Å²) in [5.41, 5.74) is 6.30. The van der Waals surface area contributed by atoms with E-state index >= 15 is 0 Å². The molecule has 0 amide bonds. The first kappa shape index (κ1) is 12.2. The third-order valence-corrected chi connectivity index (χ3v) is 4.67. The molecule has 2 heterocycles. The Morgan fingerprint density at radius 3 is 2.44 bits per heavy atom. The largest absolute Gasteiger partial charge is 0.384 e. The molecule has 4 heteroatoms. The summed E-state index contributed by atoms with van der Waals surface area (Å²) in [7, 11) is 0. The fourth-order valence-corrected chi connectivity index (χ4v) is 3.91. The third kappa shape index (κ3) is 2.30. The van der Waals surface area contributed by atoms with Gasteiger partial charge in [0, 0.05) is 44.0 Å². The molecular weight excluding hydrogens is 224 g/mol. The zero-order valence-electron chi connectivity index (χ0n) is 11.6. The van der Waals surface area contributed by atoms with Crippen LogP contribution in [0.2, 0.25) is 0 Å². The molecule has 0 spiro atoms. The van der Waals surface area contributed by atoms with Gasteiger partial charge < -0.3 is 20.9 Å². The van der Waals surface area contributed by atoms with Gasteiger partial charge in [-0.1, -0.05) is 0 Å². The SMILES string of the molecule is CC1CN(/C(N)=C\N2CC3CCC2C3)CC(C)N1. The Labute approximate surface area is 110 Å². The van der Waals surface area contributed by atoms with Gasteiger partial charge >= 0.3 is 0 Å². The van der Waals surface area contributed by atoms with E-state index in [4.69, 9.17) is 5.73 Å². The Morgan fingerprint density at radius 2 is 1.89 bits per heavy atom. The van der Waals surface area contributed by atoms with E-state index < -0.39 is 0 Å². The smallest absolute Gasteiger partial charge is 0.115 e. The summed E-state index contributed by atoms with van der Waals surface area (Å²) in [5.74, 6) is 1.89. The minimum absolute atomic E-state index is 0.524. The third-order valence-electron chi connectivity index (χ3n) is 4.67. The molecule has 2 saturated heterocycles. The summed E-state index contributed by atoms with van der Waals surface area (Å²) in [6.07, 6.45) is 6.39. The standard InChI is InChI=1S/C14H26N4/c1-10-6-18(7-11(2)16-10)14(15)9-17-8-12-3-4-13(17)5-12/h9-13,16H,3-8,15H2,1-2H3/b14-9-. The number of likely N-dealkylation sites (tertiary alicyclic amines) is 1. The Kier molecular flexibility index (Phi) is 3.14. The molecule has 3 aliphatic rings. The van der Waals surface area contributed by atoms with Crippen molar-refractivity contribution in [1.29, 1.82) is 0 Å². The van der Waals surface area contributed by atoms with Crippen molar-refractivity contribution in [2.24, 2.45) is 11.7 Å². The minimum atomic E-state index is 0.524. The van der Waals surface area contributed by atoms with Crippen LogP contribution in [0.1, 0.15) is 33.1 Å². The predicted molar refractivity (Wildman–Crippen MR) is 73.7 cm³/mol. The molecule has 2 aliphatic heterocycles. The molecule has 4 unspecified atom stereocenters. The quantitative estimate of drug-likeness (QED) is 0.765. The molecule has 2 bridgehead atoms. The minimum Gasteiger partial charge on any atom is -0.384 e. The highest BCUT2D eigenvalue weighted by atomic mass is 15.3. The van der Waals surface area contributed by atoms with Crippen LogP contribution in [0.25, 0.3) is 0 Å². The normalized spacial score (nSPS) is 40.7. The second-order valence-electron chi connectivity index (χ2n) is 6.46. The van der Waals surface area contributed by atoms with Crippen molar-refractivity contribution in [3.05, 3.63) is 12.0 Å².